The highest BCUT2D eigenvalue weighted by Gasteiger charge is 2.17. The van der Waals surface area contributed by atoms with Crippen molar-refractivity contribution in [1.29, 1.82) is 5.26 Å². The molecule has 1 unspecified atom stereocenters. The largest absolute Gasteiger partial charge is 0.383 e. The number of nitrogens with zero attached hydrogens (tertiary/aromatic N) is 2. The zero-order chi connectivity index (χ0) is 14.4. The Hall–Kier alpha value is -2.40. The topological polar surface area (TPSA) is 117 Å². The number of nitrogens with one attached hydrogen (secondary N) is 2. The van der Waals surface area contributed by atoms with Crippen LogP contribution in [-0.4, -0.2) is 35.7 Å². The van der Waals surface area contributed by atoms with Crippen molar-refractivity contribution in [3.05, 3.63) is 32.6 Å². The van der Waals surface area contributed by atoms with E-state index in [1.807, 2.05) is 4.98 Å². The van der Waals surface area contributed by atoms with Gasteiger partial charge >= 0.3 is 5.69 Å². The Balaban J connectivity index is 2.97. The van der Waals surface area contributed by atoms with Crippen molar-refractivity contribution in [2.75, 3.05) is 20.3 Å². The van der Waals surface area contributed by atoms with Crippen molar-refractivity contribution in [3.8, 4) is 6.07 Å². The molecular formula is C11H14N4O4. The lowest BCUT2D eigenvalue weighted by molar-refractivity contribution is -0.124. The van der Waals surface area contributed by atoms with E-state index in [9.17, 15) is 14.4 Å². The molecule has 1 rings (SSSR count). The third-order valence-electron chi connectivity index (χ3n) is 2.49. The molecule has 0 aromatic carbocycles. The van der Waals surface area contributed by atoms with E-state index < -0.39 is 23.2 Å². The van der Waals surface area contributed by atoms with Crippen LogP contribution in [0, 0.1) is 11.3 Å². The van der Waals surface area contributed by atoms with Crippen LogP contribution in [0.2, 0.25) is 0 Å². The fourth-order valence-electron chi connectivity index (χ4n) is 1.40. The molecule has 102 valence electrons. The maximum absolute atomic E-state index is 11.8. The number of carbonyl (C=O) groups excluding carboxylic acids is 1. The summed E-state index contributed by atoms with van der Waals surface area (Å²) in [5.41, 5.74) is -1.73. The van der Waals surface area contributed by atoms with Gasteiger partial charge in [0.2, 0.25) is 5.91 Å². The zero-order valence-electron chi connectivity index (χ0n) is 10.6. The summed E-state index contributed by atoms with van der Waals surface area (Å²) in [7, 11) is 1.50. The van der Waals surface area contributed by atoms with Crippen molar-refractivity contribution in [2.45, 2.75) is 13.0 Å². The first-order valence-corrected chi connectivity index (χ1v) is 5.53. The Morgan fingerprint density at radius 1 is 1.63 bits per heavy atom. The molecule has 1 heterocycles. The first-order valence-electron chi connectivity index (χ1n) is 5.53. The Labute approximate surface area is 108 Å². The second-order valence-electron chi connectivity index (χ2n) is 3.78. The molecule has 0 bridgehead atoms. The number of H-pyrrole nitrogens is 1. The molecular weight excluding hydrogens is 252 g/mol. The van der Waals surface area contributed by atoms with Crippen molar-refractivity contribution < 1.29 is 9.53 Å². The maximum atomic E-state index is 11.8. The van der Waals surface area contributed by atoms with E-state index in [0.717, 1.165) is 10.8 Å². The van der Waals surface area contributed by atoms with Gasteiger partial charge in [-0.15, -0.1) is 0 Å². The van der Waals surface area contributed by atoms with Gasteiger partial charge < -0.3 is 10.1 Å². The van der Waals surface area contributed by atoms with Crippen LogP contribution in [-0.2, 0) is 9.53 Å². The lowest BCUT2D eigenvalue weighted by Gasteiger charge is -2.14. The number of hydrogen-bond acceptors (Lipinski definition) is 5. The van der Waals surface area contributed by atoms with Crippen LogP contribution < -0.4 is 16.6 Å². The van der Waals surface area contributed by atoms with E-state index >= 15 is 0 Å². The first-order chi connectivity index (χ1) is 9.01. The van der Waals surface area contributed by atoms with E-state index in [0.29, 0.717) is 13.2 Å². The molecule has 1 amide bonds. The van der Waals surface area contributed by atoms with Crippen molar-refractivity contribution in [1.82, 2.24) is 14.9 Å². The molecule has 0 spiro atoms. The van der Waals surface area contributed by atoms with Crippen LogP contribution in [0.25, 0.3) is 0 Å². The van der Waals surface area contributed by atoms with Gasteiger partial charge in [0.1, 0.15) is 17.7 Å². The minimum Gasteiger partial charge on any atom is -0.383 e. The highest BCUT2D eigenvalue weighted by atomic mass is 16.5. The minimum atomic E-state index is -0.840. The molecule has 19 heavy (non-hydrogen) atoms. The summed E-state index contributed by atoms with van der Waals surface area (Å²) in [5.74, 6) is -0.407. The molecule has 8 heteroatoms. The summed E-state index contributed by atoms with van der Waals surface area (Å²) in [5, 5.41) is 11.3. The van der Waals surface area contributed by atoms with Crippen LogP contribution in [0.1, 0.15) is 18.5 Å². The molecule has 0 aliphatic heterocycles. The molecule has 0 saturated carbocycles. The molecule has 1 aromatic rings. The van der Waals surface area contributed by atoms with Gasteiger partial charge in [-0.2, -0.15) is 5.26 Å². The van der Waals surface area contributed by atoms with Gasteiger partial charge in [-0.05, 0) is 6.92 Å². The average molecular weight is 266 g/mol. The van der Waals surface area contributed by atoms with Crippen LogP contribution in [0.15, 0.2) is 15.8 Å². The normalized spacial score (nSPS) is 11.6. The van der Waals surface area contributed by atoms with Gasteiger partial charge in [0.15, 0.2) is 0 Å². The smallest absolute Gasteiger partial charge is 0.329 e. The molecule has 8 nitrogen and oxygen atoms in total. The lowest BCUT2D eigenvalue weighted by atomic mass is 10.3. The average Bonchev–Trinajstić information content (AvgIpc) is 2.38. The second-order valence-corrected chi connectivity index (χ2v) is 3.78. The van der Waals surface area contributed by atoms with Crippen LogP contribution in [0.4, 0.5) is 0 Å². The van der Waals surface area contributed by atoms with E-state index in [2.05, 4.69) is 5.32 Å². The van der Waals surface area contributed by atoms with Gasteiger partial charge in [-0.3, -0.25) is 19.1 Å². The predicted octanol–water partition coefficient (Wildman–Crippen LogP) is -1.27. The number of amides is 1. The fourth-order valence-corrected chi connectivity index (χ4v) is 1.40. The molecule has 2 N–H and O–H groups in total. The number of carbonyl (C=O) groups is 1. The Morgan fingerprint density at radius 2 is 2.32 bits per heavy atom. The van der Waals surface area contributed by atoms with Crippen LogP contribution in [0.5, 0.6) is 0 Å². The highest BCUT2D eigenvalue weighted by Crippen LogP contribution is 2.01. The third kappa shape index (κ3) is 3.53. The van der Waals surface area contributed by atoms with Gasteiger partial charge in [-0.1, -0.05) is 0 Å². The molecule has 0 radical (unpaired) electrons. The van der Waals surface area contributed by atoms with Gasteiger partial charge in [0.05, 0.1) is 6.61 Å². The Kier molecular flexibility index (Phi) is 5.02. The first kappa shape index (κ1) is 14.7. The summed E-state index contributed by atoms with van der Waals surface area (Å²) in [6.07, 6.45) is 1.07. The summed E-state index contributed by atoms with van der Waals surface area (Å²) >= 11 is 0. The summed E-state index contributed by atoms with van der Waals surface area (Å²) in [4.78, 5) is 36.5. The van der Waals surface area contributed by atoms with Crippen molar-refractivity contribution in [2.24, 2.45) is 0 Å². The second kappa shape index (κ2) is 6.51. The van der Waals surface area contributed by atoms with Gasteiger partial charge in [0.25, 0.3) is 5.56 Å². The van der Waals surface area contributed by atoms with Crippen LogP contribution in [0.3, 0.4) is 0 Å². The van der Waals surface area contributed by atoms with E-state index in [-0.39, 0.29) is 5.56 Å². The Bertz CT molecular complexity index is 610. The predicted molar refractivity (Wildman–Crippen MR) is 65.6 cm³/mol. The molecule has 0 saturated heterocycles. The quantitative estimate of drug-likeness (QED) is 0.644. The summed E-state index contributed by atoms with van der Waals surface area (Å²) < 4.78 is 5.78. The highest BCUT2D eigenvalue weighted by molar-refractivity contribution is 5.79. The SMILES string of the molecule is COCCNC(=O)C(C)n1cc(C#N)c(=O)[nH]c1=O. The number of rotatable bonds is 5. The van der Waals surface area contributed by atoms with Crippen molar-refractivity contribution in [3.63, 3.8) is 0 Å². The third-order valence-corrected chi connectivity index (χ3v) is 2.49. The maximum Gasteiger partial charge on any atom is 0.329 e. The molecule has 0 fully saturated rings. The molecule has 1 aromatic heterocycles. The number of hydrogen-bond donors (Lipinski definition) is 2. The number of aromatic nitrogens is 2. The van der Waals surface area contributed by atoms with E-state index in [1.165, 1.54) is 14.0 Å². The minimum absolute atomic E-state index is 0.226. The summed E-state index contributed by atoms with van der Waals surface area (Å²) in [6.45, 7) is 2.15. The number of ether oxygens (including phenoxy) is 1. The van der Waals surface area contributed by atoms with Gasteiger partial charge in [0, 0.05) is 19.9 Å². The zero-order valence-corrected chi connectivity index (χ0v) is 10.6. The standard InChI is InChI=1S/C11H14N4O4/c1-7(9(16)13-3-4-19-2)15-6-8(5-12)10(17)14-11(15)18/h6-7H,3-4H2,1-2H3,(H,13,16)(H,14,17,18). The molecule has 0 aliphatic carbocycles. The van der Waals surface area contributed by atoms with Crippen molar-refractivity contribution >= 4 is 5.91 Å². The van der Waals surface area contributed by atoms with Gasteiger partial charge in [-0.25, -0.2) is 4.79 Å². The van der Waals surface area contributed by atoms with E-state index in [1.54, 1.807) is 6.07 Å². The van der Waals surface area contributed by atoms with E-state index in [4.69, 9.17) is 10.00 Å². The Morgan fingerprint density at radius 3 is 2.89 bits per heavy atom. The fraction of sp³-hybridized carbons (Fsp3) is 0.455. The number of methoxy groups -OCH3 is 1. The van der Waals surface area contributed by atoms with Crippen LogP contribution >= 0.6 is 0 Å². The summed E-state index contributed by atoms with van der Waals surface area (Å²) in [6, 6.07) is 0.814. The number of aromatic amines is 1. The monoisotopic (exact) mass is 266 g/mol. The number of nitriles is 1. The lowest BCUT2D eigenvalue weighted by Crippen LogP contribution is -2.40. The molecule has 1 atom stereocenters. The molecule has 0 aliphatic rings.